The number of rotatable bonds is 1. The maximum atomic E-state index is 9.08. The molecule has 0 atom stereocenters. The van der Waals surface area contributed by atoms with Crippen LogP contribution in [-0.2, 0) is 0 Å². The Bertz CT molecular complexity index is 321. The van der Waals surface area contributed by atoms with Crippen LogP contribution in [-0.4, -0.2) is 23.1 Å². The van der Waals surface area contributed by atoms with Crippen LogP contribution in [0.15, 0.2) is 23.2 Å². The molecule has 4 heteroatoms. The third-order valence-corrected chi connectivity index (χ3v) is 1.51. The number of phenolic OH excluding ortho intramolecular Hbond substituents is 2. The summed E-state index contributed by atoms with van der Waals surface area (Å²) in [6, 6.07) is 4.30. The molecule has 0 amide bonds. The minimum absolute atomic E-state index is 0.164. The fraction of sp³-hybridized carbons (Fsp3) is 0.125. The predicted molar refractivity (Wildman–Crippen MR) is 46.4 cm³/mol. The second kappa shape index (κ2) is 3.13. The van der Waals surface area contributed by atoms with Crippen molar-refractivity contribution >= 4 is 5.84 Å². The van der Waals surface area contributed by atoms with Crippen molar-refractivity contribution in [1.29, 1.82) is 0 Å². The van der Waals surface area contributed by atoms with Gasteiger partial charge in [-0.3, -0.25) is 4.99 Å². The van der Waals surface area contributed by atoms with Gasteiger partial charge in [0.15, 0.2) is 11.5 Å². The number of phenols is 2. The van der Waals surface area contributed by atoms with Gasteiger partial charge in [0, 0.05) is 12.6 Å². The number of aromatic hydroxyl groups is 2. The predicted octanol–water partition coefficient (Wildman–Crippen LogP) is 0.433. The molecule has 0 heterocycles. The zero-order valence-corrected chi connectivity index (χ0v) is 6.65. The number of nitrogens with zero attached hydrogens (tertiary/aromatic N) is 1. The maximum Gasteiger partial charge on any atom is 0.158 e. The highest BCUT2D eigenvalue weighted by atomic mass is 16.3. The van der Waals surface area contributed by atoms with Crippen molar-refractivity contribution in [2.45, 2.75) is 0 Å². The summed E-state index contributed by atoms with van der Waals surface area (Å²) in [6.45, 7) is 0. The van der Waals surface area contributed by atoms with E-state index in [0.717, 1.165) is 0 Å². The van der Waals surface area contributed by atoms with Crippen molar-refractivity contribution in [3.05, 3.63) is 23.8 Å². The van der Waals surface area contributed by atoms with Crippen LogP contribution in [0.5, 0.6) is 11.5 Å². The number of benzene rings is 1. The van der Waals surface area contributed by atoms with E-state index in [1.165, 1.54) is 12.1 Å². The average molecular weight is 166 g/mol. The van der Waals surface area contributed by atoms with Crippen LogP contribution in [0.1, 0.15) is 5.56 Å². The molecule has 12 heavy (non-hydrogen) atoms. The van der Waals surface area contributed by atoms with Gasteiger partial charge >= 0.3 is 0 Å². The SMILES string of the molecule is CN=C(N)c1ccc(O)c(O)c1. The molecule has 0 saturated carbocycles. The summed E-state index contributed by atoms with van der Waals surface area (Å²) >= 11 is 0. The minimum Gasteiger partial charge on any atom is -0.504 e. The van der Waals surface area contributed by atoms with Gasteiger partial charge in [-0.05, 0) is 18.2 Å². The molecule has 0 aromatic heterocycles. The topological polar surface area (TPSA) is 78.8 Å². The first-order valence-corrected chi connectivity index (χ1v) is 3.39. The Morgan fingerprint density at radius 1 is 1.33 bits per heavy atom. The van der Waals surface area contributed by atoms with E-state index in [1.54, 1.807) is 13.1 Å². The van der Waals surface area contributed by atoms with Gasteiger partial charge in [-0.15, -0.1) is 0 Å². The molecule has 0 radical (unpaired) electrons. The highest BCUT2D eigenvalue weighted by molar-refractivity contribution is 5.97. The summed E-state index contributed by atoms with van der Waals surface area (Å²) < 4.78 is 0. The number of hydrogen-bond donors (Lipinski definition) is 3. The zero-order valence-electron chi connectivity index (χ0n) is 6.65. The van der Waals surface area contributed by atoms with Gasteiger partial charge in [0.05, 0.1) is 0 Å². The van der Waals surface area contributed by atoms with E-state index < -0.39 is 0 Å². The number of amidine groups is 1. The van der Waals surface area contributed by atoms with Crippen molar-refractivity contribution in [1.82, 2.24) is 0 Å². The molecule has 0 fully saturated rings. The third kappa shape index (κ3) is 1.47. The van der Waals surface area contributed by atoms with Crippen LogP contribution in [0, 0.1) is 0 Å². The average Bonchev–Trinajstić information content (AvgIpc) is 2.08. The maximum absolute atomic E-state index is 9.08. The van der Waals surface area contributed by atoms with Crippen molar-refractivity contribution in [2.75, 3.05) is 7.05 Å². The quantitative estimate of drug-likeness (QED) is 0.321. The van der Waals surface area contributed by atoms with E-state index >= 15 is 0 Å². The van der Waals surface area contributed by atoms with Crippen LogP contribution >= 0.6 is 0 Å². The van der Waals surface area contributed by atoms with Crippen LogP contribution in [0.2, 0.25) is 0 Å². The standard InChI is InChI=1S/C8H10N2O2/c1-10-8(9)5-2-3-6(11)7(12)4-5/h2-4,11-12H,1H3,(H2,9,10). The molecule has 1 aromatic rings. The summed E-state index contributed by atoms with van der Waals surface area (Å²) in [7, 11) is 1.55. The first-order chi connectivity index (χ1) is 5.65. The summed E-state index contributed by atoms with van der Waals surface area (Å²) in [5.41, 5.74) is 6.06. The number of nitrogens with two attached hydrogens (primary N) is 1. The first-order valence-electron chi connectivity index (χ1n) is 3.39. The van der Waals surface area contributed by atoms with Gasteiger partial charge in [0.1, 0.15) is 5.84 Å². The van der Waals surface area contributed by atoms with Crippen LogP contribution in [0.25, 0.3) is 0 Å². The van der Waals surface area contributed by atoms with E-state index in [9.17, 15) is 0 Å². The van der Waals surface area contributed by atoms with Crippen molar-refractivity contribution < 1.29 is 10.2 Å². The van der Waals surface area contributed by atoms with E-state index in [2.05, 4.69) is 4.99 Å². The largest absolute Gasteiger partial charge is 0.504 e. The monoisotopic (exact) mass is 166 g/mol. The van der Waals surface area contributed by atoms with Gasteiger partial charge in [-0.1, -0.05) is 0 Å². The second-order valence-electron chi connectivity index (χ2n) is 2.31. The molecular formula is C8H10N2O2. The lowest BCUT2D eigenvalue weighted by Gasteiger charge is -2.01. The molecule has 0 bridgehead atoms. The Kier molecular flexibility index (Phi) is 2.19. The smallest absolute Gasteiger partial charge is 0.158 e. The molecule has 1 rings (SSSR count). The van der Waals surface area contributed by atoms with Crippen LogP contribution in [0.3, 0.4) is 0 Å². The molecule has 0 saturated heterocycles. The molecular weight excluding hydrogens is 156 g/mol. The Hall–Kier alpha value is -1.71. The summed E-state index contributed by atoms with van der Waals surface area (Å²) in [5, 5.41) is 18.1. The van der Waals surface area contributed by atoms with Crippen LogP contribution in [0.4, 0.5) is 0 Å². The van der Waals surface area contributed by atoms with Gasteiger partial charge in [-0.2, -0.15) is 0 Å². The molecule has 0 aliphatic rings. The zero-order chi connectivity index (χ0) is 9.14. The van der Waals surface area contributed by atoms with Gasteiger partial charge < -0.3 is 15.9 Å². The molecule has 0 unspecified atom stereocenters. The van der Waals surface area contributed by atoms with E-state index in [1.807, 2.05) is 0 Å². The van der Waals surface area contributed by atoms with E-state index in [4.69, 9.17) is 15.9 Å². The minimum atomic E-state index is -0.195. The molecule has 0 aliphatic heterocycles. The molecule has 4 nitrogen and oxygen atoms in total. The Morgan fingerprint density at radius 2 is 2.00 bits per heavy atom. The van der Waals surface area contributed by atoms with Gasteiger partial charge in [0.2, 0.25) is 0 Å². The lowest BCUT2D eigenvalue weighted by molar-refractivity contribution is 0.403. The molecule has 0 aliphatic carbocycles. The van der Waals surface area contributed by atoms with Crippen LogP contribution < -0.4 is 5.73 Å². The van der Waals surface area contributed by atoms with E-state index in [0.29, 0.717) is 11.4 Å². The van der Waals surface area contributed by atoms with E-state index in [-0.39, 0.29) is 11.5 Å². The lowest BCUT2D eigenvalue weighted by atomic mass is 10.2. The third-order valence-electron chi connectivity index (χ3n) is 1.51. The van der Waals surface area contributed by atoms with Gasteiger partial charge in [0.25, 0.3) is 0 Å². The lowest BCUT2D eigenvalue weighted by Crippen LogP contribution is -2.12. The van der Waals surface area contributed by atoms with Crippen molar-refractivity contribution in [2.24, 2.45) is 10.7 Å². The number of hydrogen-bond acceptors (Lipinski definition) is 3. The normalized spacial score (nSPS) is 11.6. The summed E-state index contributed by atoms with van der Waals surface area (Å²) in [6.07, 6.45) is 0. The van der Waals surface area contributed by atoms with Gasteiger partial charge in [-0.25, -0.2) is 0 Å². The molecule has 4 N–H and O–H groups in total. The summed E-state index contributed by atoms with van der Waals surface area (Å²) in [4.78, 5) is 3.73. The second-order valence-corrected chi connectivity index (χ2v) is 2.31. The summed E-state index contributed by atoms with van der Waals surface area (Å²) in [5.74, 6) is -0.0351. The molecule has 1 aromatic carbocycles. The number of aliphatic imine (C=N–C) groups is 1. The fourth-order valence-corrected chi connectivity index (χ4v) is 0.812. The Labute approximate surface area is 70.0 Å². The van der Waals surface area contributed by atoms with Crippen molar-refractivity contribution in [3.63, 3.8) is 0 Å². The highest BCUT2D eigenvalue weighted by Gasteiger charge is 2.02. The first kappa shape index (κ1) is 8.39. The molecule has 0 spiro atoms. The highest BCUT2D eigenvalue weighted by Crippen LogP contribution is 2.24. The molecule has 64 valence electrons. The Morgan fingerprint density at radius 3 is 2.50 bits per heavy atom. The van der Waals surface area contributed by atoms with Crippen molar-refractivity contribution in [3.8, 4) is 11.5 Å². The fourth-order valence-electron chi connectivity index (χ4n) is 0.812. The Balaban J connectivity index is 3.13.